The number of hydrogen-bond donors (Lipinski definition) is 0. The normalized spacial score (nSPS) is 16.5. The summed E-state index contributed by atoms with van der Waals surface area (Å²) in [5.74, 6) is 2.26. The predicted octanol–water partition coefficient (Wildman–Crippen LogP) is 4.94. The third-order valence-electron chi connectivity index (χ3n) is 4.96. The number of benzene rings is 2. The van der Waals surface area contributed by atoms with E-state index in [-0.39, 0.29) is 11.8 Å². The van der Waals surface area contributed by atoms with Gasteiger partial charge >= 0.3 is 0 Å². The summed E-state index contributed by atoms with van der Waals surface area (Å²) in [7, 11) is 0. The van der Waals surface area contributed by atoms with Crippen molar-refractivity contribution in [3.05, 3.63) is 65.0 Å². The lowest BCUT2D eigenvalue weighted by molar-refractivity contribution is -0.128. The standard InChI is InChI=1S/C23H24ClN3O3/c1-15(2)14-29-20-8-6-17(7-9-20)22-25-23(30-26-22)18-11-21(28)27(13-18)12-16-4-3-5-19(24)10-16/h3-10,15,18H,11-14H2,1-2H3. The van der Waals surface area contributed by atoms with E-state index in [1.165, 1.54) is 0 Å². The molecule has 1 unspecified atom stereocenters. The molecule has 2 heterocycles. The van der Waals surface area contributed by atoms with Crippen molar-refractivity contribution in [2.75, 3.05) is 13.2 Å². The van der Waals surface area contributed by atoms with Gasteiger partial charge in [0.15, 0.2) is 0 Å². The van der Waals surface area contributed by atoms with Crippen LogP contribution >= 0.6 is 11.6 Å². The molecule has 1 amide bonds. The number of hydrogen-bond acceptors (Lipinski definition) is 5. The van der Waals surface area contributed by atoms with Gasteiger partial charge in [-0.25, -0.2) is 0 Å². The molecule has 3 aromatic rings. The molecule has 30 heavy (non-hydrogen) atoms. The summed E-state index contributed by atoms with van der Waals surface area (Å²) in [6.45, 7) is 5.97. The van der Waals surface area contributed by atoms with Gasteiger partial charge in [0.2, 0.25) is 17.6 Å². The van der Waals surface area contributed by atoms with Crippen LogP contribution in [0.1, 0.15) is 37.6 Å². The lowest BCUT2D eigenvalue weighted by atomic mass is 10.1. The van der Waals surface area contributed by atoms with Crippen LogP contribution in [0.2, 0.25) is 5.02 Å². The Balaban J connectivity index is 1.41. The largest absolute Gasteiger partial charge is 0.493 e. The molecule has 1 aromatic heterocycles. The van der Waals surface area contributed by atoms with Crippen molar-refractivity contribution >= 4 is 17.5 Å². The van der Waals surface area contributed by atoms with Crippen LogP contribution in [0.15, 0.2) is 53.1 Å². The molecule has 4 rings (SSSR count). The Morgan fingerprint density at radius 2 is 2.03 bits per heavy atom. The predicted molar refractivity (Wildman–Crippen MR) is 114 cm³/mol. The summed E-state index contributed by atoms with van der Waals surface area (Å²) < 4.78 is 11.2. The highest BCUT2D eigenvalue weighted by Gasteiger charge is 2.34. The molecule has 7 heteroatoms. The second-order valence-corrected chi connectivity index (χ2v) is 8.43. The molecular weight excluding hydrogens is 402 g/mol. The zero-order valence-corrected chi connectivity index (χ0v) is 17.8. The SMILES string of the molecule is CC(C)COc1ccc(-c2noc(C3CC(=O)N(Cc4cccc(Cl)c4)C3)n2)cc1. The third kappa shape index (κ3) is 4.82. The molecule has 1 fully saturated rings. The molecule has 2 aromatic carbocycles. The first-order chi connectivity index (χ1) is 14.5. The van der Waals surface area contributed by atoms with Gasteiger partial charge < -0.3 is 14.2 Å². The molecule has 0 N–H and O–H groups in total. The van der Waals surface area contributed by atoms with Crippen molar-refractivity contribution in [1.29, 1.82) is 0 Å². The highest BCUT2D eigenvalue weighted by molar-refractivity contribution is 6.30. The van der Waals surface area contributed by atoms with Gasteiger partial charge in [0.1, 0.15) is 5.75 Å². The maximum absolute atomic E-state index is 12.5. The molecule has 0 saturated carbocycles. The Hall–Kier alpha value is -2.86. The topological polar surface area (TPSA) is 68.5 Å². The Kier molecular flexibility index (Phi) is 6.04. The van der Waals surface area contributed by atoms with E-state index in [9.17, 15) is 4.79 Å². The lowest BCUT2D eigenvalue weighted by Gasteiger charge is -2.16. The van der Waals surface area contributed by atoms with E-state index in [4.69, 9.17) is 20.9 Å². The molecule has 1 saturated heterocycles. The van der Waals surface area contributed by atoms with Gasteiger partial charge in [0.05, 0.1) is 12.5 Å². The molecule has 0 bridgehead atoms. The first-order valence-electron chi connectivity index (χ1n) is 10.1. The average Bonchev–Trinajstić information content (AvgIpc) is 3.34. The zero-order valence-electron chi connectivity index (χ0n) is 17.0. The molecule has 6 nitrogen and oxygen atoms in total. The molecule has 1 aliphatic heterocycles. The fraction of sp³-hybridized carbons (Fsp3) is 0.348. The van der Waals surface area contributed by atoms with Gasteiger partial charge in [-0.05, 0) is 47.9 Å². The van der Waals surface area contributed by atoms with Crippen molar-refractivity contribution in [2.24, 2.45) is 5.92 Å². The summed E-state index contributed by atoms with van der Waals surface area (Å²) in [5, 5.41) is 4.77. The fourth-order valence-electron chi connectivity index (χ4n) is 3.43. The second-order valence-electron chi connectivity index (χ2n) is 7.99. The minimum absolute atomic E-state index is 0.0754. The van der Waals surface area contributed by atoms with Crippen molar-refractivity contribution in [1.82, 2.24) is 15.0 Å². The Bertz CT molecular complexity index is 1020. The van der Waals surface area contributed by atoms with Crippen LogP contribution in [0.25, 0.3) is 11.4 Å². The first kappa shape index (κ1) is 20.4. The number of amides is 1. The van der Waals surface area contributed by atoms with Gasteiger partial charge in [0, 0.05) is 30.1 Å². The number of halogens is 1. The van der Waals surface area contributed by atoms with Crippen LogP contribution < -0.4 is 4.74 Å². The molecule has 0 radical (unpaired) electrons. The number of rotatable bonds is 7. The monoisotopic (exact) mass is 425 g/mol. The van der Waals surface area contributed by atoms with E-state index in [2.05, 4.69) is 24.0 Å². The smallest absolute Gasteiger partial charge is 0.232 e. The van der Waals surface area contributed by atoms with Gasteiger partial charge in [-0.15, -0.1) is 0 Å². The molecule has 0 spiro atoms. The number of ether oxygens (including phenoxy) is 1. The molecule has 1 atom stereocenters. The summed E-state index contributed by atoms with van der Waals surface area (Å²) in [5.41, 5.74) is 1.85. The van der Waals surface area contributed by atoms with E-state index in [0.717, 1.165) is 16.9 Å². The summed E-state index contributed by atoms with van der Waals surface area (Å²) in [6, 6.07) is 15.2. The van der Waals surface area contributed by atoms with Gasteiger partial charge in [-0.2, -0.15) is 4.98 Å². The van der Waals surface area contributed by atoms with Crippen LogP contribution in [0.4, 0.5) is 0 Å². The number of likely N-dealkylation sites (tertiary alicyclic amines) is 1. The van der Waals surface area contributed by atoms with E-state index in [1.807, 2.05) is 48.5 Å². The Labute approximate surface area is 180 Å². The van der Waals surface area contributed by atoms with E-state index >= 15 is 0 Å². The maximum atomic E-state index is 12.5. The van der Waals surface area contributed by atoms with Gasteiger partial charge in [-0.1, -0.05) is 42.7 Å². The van der Waals surface area contributed by atoms with Gasteiger partial charge in [0.25, 0.3) is 0 Å². The number of nitrogens with zero attached hydrogens (tertiary/aromatic N) is 3. The number of carbonyl (C=O) groups excluding carboxylic acids is 1. The minimum Gasteiger partial charge on any atom is -0.493 e. The van der Waals surface area contributed by atoms with Crippen molar-refractivity contribution in [3.63, 3.8) is 0 Å². The van der Waals surface area contributed by atoms with Crippen LogP contribution in [-0.2, 0) is 11.3 Å². The van der Waals surface area contributed by atoms with E-state index < -0.39 is 0 Å². The maximum Gasteiger partial charge on any atom is 0.232 e. The number of aromatic nitrogens is 2. The van der Waals surface area contributed by atoms with E-state index in [1.54, 1.807) is 4.90 Å². The van der Waals surface area contributed by atoms with Gasteiger partial charge in [-0.3, -0.25) is 4.79 Å². The van der Waals surface area contributed by atoms with Crippen LogP contribution in [0.3, 0.4) is 0 Å². The van der Waals surface area contributed by atoms with Crippen LogP contribution in [0, 0.1) is 5.92 Å². The Morgan fingerprint density at radius 3 is 2.77 bits per heavy atom. The molecule has 156 valence electrons. The summed E-state index contributed by atoms with van der Waals surface area (Å²) in [4.78, 5) is 18.8. The van der Waals surface area contributed by atoms with Crippen molar-refractivity contribution in [2.45, 2.75) is 32.7 Å². The van der Waals surface area contributed by atoms with E-state index in [0.29, 0.717) is 48.8 Å². The minimum atomic E-state index is -0.105. The second kappa shape index (κ2) is 8.88. The molecule has 1 aliphatic rings. The highest BCUT2D eigenvalue weighted by Crippen LogP contribution is 2.30. The Morgan fingerprint density at radius 1 is 1.23 bits per heavy atom. The average molecular weight is 426 g/mol. The van der Waals surface area contributed by atoms with Crippen molar-refractivity contribution in [3.8, 4) is 17.1 Å². The number of carbonyl (C=O) groups is 1. The molecule has 0 aliphatic carbocycles. The quantitative estimate of drug-likeness (QED) is 0.536. The fourth-order valence-corrected chi connectivity index (χ4v) is 3.64. The highest BCUT2D eigenvalue weighted by atomic mass is 35.5. The lowest BCUT2D eigenvalue weighted by Crippen LogP contribution is -2.24. The first-order valence-corrected chi connectivity index (χ1v) is 10.4. The van der Waals surface area contributed by atoms with Crippen LogP contribution in [0.5, 0.6) is 5.75 Å². The van der Waals surface area contributed by atoms with Crippen LogP contribution in [-0.4, -0.2) is 34.1 Å². The van der Waals surface area contributed by atoms with Crippen molar-refractivity contribution < 1.29 is 14.1 Å². The summed E-state index contributed by atoms with van der Waals surface area (Å²) >= 11 is 6.05. The third-order valence-corrected chi connectivity index (χ3v) is 5.20. The zero-order chi connectivity index (χ0) is 21.1. The summed E-state index contributed by atoms with van der Waals surface area (Å²) in [6.07, 6.45) is 0.365. The molecular formula is C23H24ClN3O3.